The van der Waals surface area contributed by atoms with Crippen molar-refractivity contribution in [3.8, 4) is 11.5 Å². The Hall–Kier alpha value is -1.88. The van der Waals surface area contributed by atoms with E-state index in [2.05, 4.69) is 15.9 Å². The number of alkyl halides is 1. The van der Waals surface area contributed by atoms with Gasteiger partial charge in [-0.05, 0) is 42.7 Å². The molecule has 0 atom stereocenters. The molecule has 0 spiro atoms. The fourth-order valence-electron chi connectivity index (χ4n) is 1.81. The fourth-order valence-corrected chi connectivity index (χ4v) is 2.16. The normalized spacial score (nSPS) is 10.3. The van der Waals surface area contributed by atoms with E-state index >= 15 is 0 Å². The maximum atomic E-state index is 11.1. The van der Waals surface area contributed by atoms with Crippen LogP contribution >= 0.6 is 15.9 Å². The third-order valence-corrected chi connectivity index (χ3v) is 3.59. The van der Waals surface area contributed by atoms with E-state index in [9.17, 15) is 10.1 Å². The lowest BCUT2D eigenvalue weighted by Crippen LogP contribution is -1.96. The topological polar surface area (TPSA) is 52.4 Å². The number of aryl methyl sites for hydroxylation is 2. The molecule has 5 heteroatoms. The van der Waals surface area contributed by atoms with E-state index in [1.807, 2.05) is 38.1 Å². The van der Waals surface area contributed by atoms with Crippen LogP contribution in [-0.2, 0) is 5.33 Å². The van der Waals surface area contributed by atoms with Gasteiger partial charge in [0.2, 0.25) is 5.75 Å². The Balaban J connectivity index is 2.42. The molecule has 0 radical (unpaired) electrons. The molecule has 0 saturated carbocycles. The Bertz CT molecular complexity index is 656. The number of benzene rings is 2. The van der Waals surface area contributed by atoms with Gasteiger partial charge in [-0.3, -0.25) is 10.1 Å². The van der Waals surface area contributed by atoms with Gasteiger partial charge in [-0.15, -0.1) is 0 Å². The minimum Gasteiger partial charge on any atom is -0.450 e. The van der Waals surface area contributed by atoms with E-state index in [4.69, 9.17) is 4.74 Å². The van der Waals surface area contributed by atoms with Crippen molar-refractivity contribution in [2.75, 3.05) is 0 Å². The number of hydrogen-bond donors (Lipinski definition) is 0. The van der Waals surface area contributed by atoms with Crippen LogP contribution in [0.4, 0.5) is 5.69 Å². The summed E-state index contributed by atoms with van der Waals surface area (Å²) in [4.78, 5) is 10.7. The summed E-state index contributed by atoms with van der Waals surface area (Å²) in [7, 11) is 0. The quantitative estimate of drug-likeness (QED) is 0.453. The molecule has 0 heterocycles. The van der Waals surface area contributed by atoms with E-state index in [-0.39, 0.29) is 11.4 Å². The number of halogens is 1. The number of hydrogen-bond acceptors (Lipinski definition) is 3. The van der Waals surface area contributed by atoms with Crippen LogP contribution in [-0.4, -0.2) is 4.92 Å². The average molecular weight is 336 g/mol. The number of ether oxygens (including phenoxy) is 1. The molecule has 0 aromatic heterocycles. The molecule has 104 valence electrons. The SMILES string of the molecule is Cc1ccc(C)c(Oc2ccc(CBr)cc2[N+](=O)[O-])c1. The van der Waals surface area contributed by atoms with Gasteiger partial charge in [-0.25, -0.2) is 0 Å². The Morgan fingerprint density at radius 1 is 1.15 bits per heavy atom. The van der Waals surface area contributed by atoms with E-state index in [0.29, 0.717) is 11.1 Å². The van der Waals surface area contributed by atoms with Crippen molar-refractivity contribution >= 4 is 21.6 Å². The first-order valence-corrected chi connectivity index (χ1v) is 7.22. The Morgan fingerprint density at radius 2 is 1.90 bits per heavy atom. The van der Waals surface area contributed by atoms with Crippen molar-refractivity contribution in [3.63, 3.8) is 0 Å². The summed E-state index contributed by atoms with van der Waals surface area (Å²) >= 11 is 3.29. The summed E-state index contributed by atoms with van der Waals surface area (Å²) in [5, 5.41) is 11.7. The highest BCUT2D eigenvalue weighted by Crippen LogP contribution is 2.34. The Kier molecular flexibility index (Phi) is 4.39. The average Bonchev–Trinajstić information content (AvgIpc) is 2.43. The molecule has 0 unspecified atom stereocenters. The first-order valence-electron chi connectivity index (χ1n) is 6.09. The first-order chi connectivity index (χ1) is 9.51. The van der Waals surface area contributed by atoms with Crippen molar-refractivity contribution in [1.82, 2.24) is 0 Å². The number of nitro benzene ring substituents is 1. The molecule has 20 heavy (non-hydrogen) atoms. The van der Waals surface area contributed by atoms with Crippen LogP contribution < -0.4 is 4.74 Å². The standard InChI is InChI=1S/C15H14BrNO3/c1-10-3-4-11(2)15(7-10)20-14-6-5-12(9-16)8-13(14)17(18)19/h3-8H,9H2,1-2H3. The molecule has 4 nitrogen and oxygen atoms in total. The molecule has 0 aliphatic rings. The van der Waals surface area contributed by atoms with Crippen molar-refractivity contribution in [2.45, 2.75) is 19.2 Å². The number of nitro groups is 1. The zero-order valence-corrected chi connectivity index (χ0v) is 12.8. The molecule has 0 amide bonds. The van der Waals surface area contributed by atoms with Gasteiger partial charge in [0.1, 0.15) is 5.75 Å². The van der Waals surface area contributed by atoms with Gasteiger partial charge in [0.05, 0.1) is 4.92 Å². The first kappa shape index (κ1) is 14.5. The van der Waals surface area contributed by atoms with Crippen LogP contribution in [0.15, 0.2) is 36.4 Å². The van der Waals surface area contributed by atoms with Gasteiger partial charge in [0.25, 0.3) is 0 Å². The van der Waals surface area contributed by atoms with Crippen LogP contribution in [0.25, 0.3) is 0 Å². The van der Waals surface area contributed by atoms with Crippen LogP contribution in [0.5, 0.6) is 11.5 Å². The summed E-state index contributed by atoms with van der Waals surface area (Å²) in [5.74, 6) is 0.896. The molecule has 0 bridgehead atoms. The summed E-state index contributed by atoms with van der Waals surface area (Å²) in [5.41, 5.74) is 2.80. The second-order valence-corrected chi connectivity index (χ2v) is 5.12. The third kappa shape index (κ3) is 3.17. The molecule has 2 aromatic rings. The van der Waals surface area contributed by atoms with Gasteiger partial charge in [-0.1, -0.05) is 34.1 Å². The summed E-state index contributed by atoms with van der Waals surface area (Å²) < 4.78 is 5.72. The van der Waals surface area contributed by atoms with Crippen molar-refractivity contribution in [2.24, 2.45) is 0 Å². The molecule has 0 fully saturated rings. The zero-order valence-electron chi connectivity index (χ0n) is 11.2. The number of nitrogens with zero attached hydrogens (tertiary/aromatic N) is 1. The predicted octanol–water partition coefficient (Wildman–Crippen LogP) is 4.90. The highest BCUT2D eigenvalue weighted by molar-refractivity contribution is 9.08. The molecular formula is C15H14BrNO3. The Morgan fingerprint density at radius 3 is 2.55 bits per heavy atom. The highest BCUT2D eigenvalue weighted by Gasteiger charge is 2.17. The van der Waals surface area contributed by atoms with Gasteiger partial charge in [0.15, 0.2) is 0 Å². The smallest absolute Gasteiger partial charge is 0.311 e. The van der Waals surface area contributed by atoms with Crippen LogP contribution in [0.2, 0.25) is 0 Å². The maximum absolute atomic E-state index is 11.1. The molecule has 2 rings (SSSR count). The second kappa shape index (κ2) is 6.05. The van der Waals surface area contributed by atoms with E-state index in [1.54, 1.807) is 6.07 Å². The van der Waals surface area contributed by atoms with E-state index < -0.39 is 4.92 Å². The minimum atomic E-state index is -0.424. The van der Waals surface area contributed by atoms with Crippen molar-refractivity contribution in [3.05, 3.63) is 63.2 Å². The van der Waals surface area contributed by atoms with Gasteiger partial charge < -0.3 is 4.74 Å². The van der Waals surface area contributed by atoms with Crippen LogP contribution in [0.3, 0.4) is 0 Å². The molecule has 0 aliphatic carbocycles. The minimum absolute atomic E-state index is 0.0251. The summed E-state index contributed by atoms with van der Waals surface area (Å²) in [6, 6.07) is 10.7. The van der Waals surface area contributed by atoms with Crippen molar-refractivity contribution < 1.29 is 9.66 Å². The van der Waals surface area contributed by atoms with Crippen LogP contribution in [0.1, 0.15) is 16.7 Å². The molecule has 2 aromatic carbocycles. The lowest BCUT2D eigenvalue weighted by Gasteiger charge is -2.10. The second-order valence-electron chi connectivity index (χ2n) is 4.56. The molecule has 0 saturated heterocycles. The predicted molar refractivity (Wildman–Crippen MR) is 81.7 cm³/mol. The van der Waals surface area contributed by atoms with E-state index in [0.717, 1.165) is 16.7 Å². The maximum Gasteiger partial charge on any atom is 0.311 e. The largest absolute Gasteiger partial charge is 0.450 e. The summed E-state index contributed by atoms with van der Waals surface area (Å²) in [6.45, 7) is 3.86. The van der Waals surface area contributed by atoms with Crippen molar-refractivity contribution in [1.29, 1.82) is 0 Å². The lowest BCUT2D eigenvalue weighted by molar-refractivity contribution is -0.385. The van der Waals surface area contributed by atoms with Gasteiger partial charge in [0, 0.05) is 11.4 Å². The van der Waals surface area contributed by atoms with Gasteiger partial charge in [-0.2, -0.15) is 0 Å². The molecular weight excluding hydrogens is 322 g/mol. The third-order valence-electron chi connectivity index (χ3n) is 2.94. The fraction of sp³-hybridized carbons (Fsp3) is 0.200. The molecule has 0 N–H and O–H groups in total. The zero-order chi connectivity index (χ0) is 14.7. The molecule has 0 aliphatic heterocycles. The van der Waals surface area contributed by atoms with Crippen LogP contribution in [0, 0.1) is 24.0 Å². The monoisotopic (exact) mass is 335 g/mol. The van der Waals surface area contributed by atoms with Gasteiger partial charge >= 0.3 is 5.69 Å². The van der Waals surface area contributed by atoms with E-state index in [1.165, 1.54) is 6.07 Å². The summed E-state index contributed by atoms with van der Waals surface area (Å²) in [6.07, 6.45) is 0. The number of rotatable bonds is 4. The Labute approximate surface area is 125 Å². The highest BCUT2D eigenvalue weighted by atomic mass is 79.9. The lowest BCUT2D eigenvalue weighted by atomic mass is 10.1.